The molecule has 0 radical (unpaired) electrons. The quantitative estimate of drug-likeness (QED) is 0.940. The minimum atomic E-state index is 0.0145. The van der Waals surface area contributed by atoms with Crippen molar-refractivity contribution in [2.24, 2.45) is 11.7 Å². The van der Waals surface area contributed by atoms with Gasteiger partial charge < -0.3 is 15.2 Å². The summed E-state index contributed by atoms with van der Waals surface area (Å²) in [6, 6.07) is 1.96. The second-order valence-electron chi connectivity index (χ2n) is 6.81. The molecule has 6 heteroatoms. The van der Waals surface area contributed by atoms with Crippen molar-refractivity contribution in [2.75, 3.05) is 13.1 Å². The highest BCUT2D eigenvalue weighted by Gasteiger charge is 2.27. The van der Waals surface area contributed by atoms with Gasteiger partial charge in [-0.15, -0.1) is 0 Å². The van der Waals surface area contributed by atoms with E-state index in [0.717, 1.165) is 37.0 Å². The number of likely N-dealkylation sites (tertiary alicyclic amines) is 1. The fourth-order valence-electron chi connectivity index (χ4n) is 3.19. The third-order valence-corrected chi connectivity index (χ3v) is 4.64. The smallest absolute Gasteiger partial charge is 0.257 e. The Hall–Kier alpha value is -1.95. The van der Waals surface area contributed by atoms with Gasteiger partial charge >= 0.3 is 0 Å². The van der Waals surface area contributed by atoms with Gasteiger partial charge in [-0.3, -0.25) is 4.79 Å². The SMILES string of the molecule is CC(C)c1noc2ncc(C(=O)N3CCC[C@@H]([C@@H](C)N)C3)cc12. The van der Waals surface area contributed by atoms with Crippen LogP contribution in [0.15, 0.2) is 16.8 Å². The molecule has 6 nitrogen and oxygen atoms in total. The summed E-state index contributed by atoms with van der Waals surface area (Å²) in [5.74, 6) is 0.604. The van der Waals surface area contributed by atoms with Crippen molar-refractivity contribution < 1.29 is 9.32 Å². The maximum absolute atomic E-state index is 12.8. The van der Waals surface area contributed by atoms with Crippen LogP contribution in [0.4, 0.5) is 0 Å². The van der Waals surface area contributed by atoms with Gasteiger partial charge in [-0.1, -0.05) is 19.0 Å². The lowest BCUT2D eigenvalue weighted by Gasteiger charge is -2.34. The van der Waals surface area contributed by atoms with E-state index < -0.39 is 0 Å². The molecule has 0 unspecified atom stereocenters. The highest BCUT2D eigenvalue weighted by molar-refractivity contribution is 5.97. The standard InChI is InChI=1S/C17H24N4O2/c1-10(2)15-14-7-13(8-19-16(14)23-20-15)17(22)21-6-4-5-12(9-21)11(3)18/h7-8,10-12H,4-6,9,18H2,1-3H3/t11-,12-/m1/s1. The summed E-state index contributed by atoms with van der Waals surface area (Å²) in [6.07, 6.45) is 3.66. The van der Waals surface area contributed by atoms with Crippen LogP contribution in [0.3, 0.4) is 0 Å². The zero-order valence-corrected chi connectivity index (χ0v) is 14.0. The third-order valence-electron chi connectivity index (χ3n) is 4.64. The molecule has 1 aliphatic rings. The zero-order valence-electron chi connectivity index (χ0n) is 14.0. The molecule has 1 amide bonds. The molecular weight excluding hydrogens is 292 g/mol. The molecule has 1 aliphatic heterocycles. The molecule has 23 heavy (non-hydrogen) atoms. The number of nitrogens with two attached hydrogens (primary N) is 1. The molecule has 0 bridgehead atoms. The normalized spacial score (nSPS) is 20.2. The molecule has 2 aromatic heterocycles. The minimum Gasteiger partial charge on any atom is -0.338 e. The summed E-state index contributed by atoms with van der Waals surface area (Å²) in [6.45, 7) is 7.60. The number of hydrogen-bond donors (Lipinski definition) is 1. The van der Waals surface area contributed by atoms with Gasteiger partial charge in [0.1, 0.15) is 0 Å². The first-order chi connectivity index (χ1) is 11.0. The van der Waals surface area contributed by atoms with Crippen molar-refractivity contribution in [2.45, 2.75) is 45.6 Å². The van der Waals surface area contributed by atoms with Crippen LogP contribution in [0.1, 0.15) is 55.6 Å². The zero-order chi connectivity index (χ0) is 16.6. The number of carbonyl (C=O) groups is 1. The number of carbonyl (C=O) groups excluding carboxylic acids is 1. The average Bonchev–Trinajstić information content (AvgIpc) is 2.97. The predicted molar refractivity (Wildman–Crippen MR) is 88.2 cm³/mol. The molecule has 124 valence electrons. The second-order valence-corrected chi connectivity index (χ2v) is 6.81. The predicted octanol–water partition coefficient (Wildman–Crippen LogP) is 2.55. The highest BCUT2D eigenvalue weighted by Crippen LogP contribution is 2.25. The van der Waals surface area contributed by atoms with Crippen LogP contribution in [0.25, 0.3) is 11.1 Å². The van der Waals surface area contributed by atoms with E-state index in [1.807, 2.05) is 31.7 Å². The van der Waals surface area contributed by atoms with Crippen molar-refractivity contribution >= 4 is 17.0 Å². The Morgan fingerprint density at radius 3 is 2.91 bits per heavy atom. The first kappa shape index (κ1) is 15.9. The van der Waals surface area contributed by atoms with Crippen LogP contribution < -0.4 is 5.73 Å². The lowest BCUT2D eigenvalue weighted by molar-refractivity contribution is 0.0660. The molecule has 2 atom stereocenters. The lowest BCUT2D eigenvalue weighted by atomic mass is 9.92. The van der Waals surface area contributed by atoms with E-state index >= 15 is 0 Å². The Kier molecular flexibility index (Phi) is 4.35. The van der Waals surface area contributed by atoms with Gasteiger partial charge in [0.25, 0.3) is 11.6 Å². The second kappa shape index (κ2) is 6.28. The van der Waals surface area contributed by atoms with Crippen molar-refractivity contribution in [3.63, 3.8) is 0 Å². The molecule has 0 aliphatic carbocycles. The maximum atomic E-state index is 12.8. The number of nitrogens with zero attached hydrogens (tertiary/aromatic N) is 3. The largest absolute Gasteiger partial charge is 0.338 e. The first-order valence-electron chi connectivity index (χ1n) is 8.27. The topological polar surface area (TPSA) is 85.2 Å². The molecule has 0 saturated carbocycles. The molecule has 0 spiro atoms. The number of pyridine rings is 1. The summed E-state index contributed by atoms with van der Waals surface area (Å²) in [4.78, 5) is 19.0. The van der Waals surface area contributed by atoms with E-state index in [1.54, 1.807) is 6.20 Å². The van der Waals surface area contributed by atoms with Crippen molar-refractivity contribution in [3.05, 3.63) is 23.5 Å². The van der Waals surface area contributed by atoms with E-state index in [2.05, 4.69) is 10.1 Å². The number of amides is 1. The number of aromatic nitrogens is 2. The Bertz CT molecular complexity index is 708. The van der Waals surface area contributed by atoms with E-state index in [4.69, 9.17) is 10.3 Å². The van der Waals surface area contributed by atoms with Gasteiger partial charge in [-0.2, -0.15) is 0 Å². The molecule has 2 aromatic rings. The summed E-state index contributed by atoms with van der Waals surface area (Å²) >= 11 is 0. The van der Waals surface area contributed by atoms with Crippen LogP contribution in [-0.2, 0) is 0 Å². The monoisotopic (exact) mass is 316 g/mol. The van der Waals surface area contributed by atoms with E-state index in [-0.39, 0.29) is 17.9 Å². The van der Waals surface area contributed by atoms with Gasteiger partial charge in [0, 0.05) is 25.3 Å². The van der Waals surface area contributed by atoms with Gasteiger partial charge in [-0.25, -0.2) is 4.98 Å². The number of fused-ring (bicyclic) bond motifs is 1. The fraction of sp³-hybridized carbons (Fsp3) is 0.588. The minimum absolute atomic E-state index is 0.0145. The van der Waals surface area contributed by atoms with Crippen molar-refractivity contribution in [1.82, 2.24) is 15.0 Å². The van der Waals surface area contributed by atoms with Crippen molar-refractivity contribution in [1.29, 1.82) is 0 Å². The lowest BCUT2D eigenvalue weighted by Crippen LogP contribution is -2.45. The van der Waals surface area contributed by atoms with Gasteiger partial charge in [0.2, 0.25) is 0 Å². The third kappa shape index (κ3) is 3.08. The van der Waals surface area contributed by atoms with E-state index in [0.29, 0.717) is 17.2 Å². The Morgan fingerprint density at radius 2 is 2.22 bits per heavy atom. The van der Waals surface area contributed by atoms with Gasteiger partial charge in [0.05, 0.1) is 16.6 Å². The van der Waals surface area contributed by atoms with Crippen LogP contribution in [-0.4, -0.2) is 40.1 Å². The van der Waals surface area contributed by atoms with Crippen LogP contribution in [0.2, 0.25) is 0 Å². The van der Waals surface area contributed by atoms with E-state index in [1.165, 1.54) is 0 Å². The van der Waals surface area contributed by atoms with Crippen molar-refractivity contribution in [3.8, 4) is 0 Å². The molecular formula is C17H24N4O2. The van der Waals surface area contributed by atoms with Gasteiger partial charge in [-0.05, 0) is 37.7 Å². The highest BCUT2D eigenvalue weighted by atomic mass is 16.5. The number of piperidine rings is 1. The number of hydrogen-bond acceptors (Lipinski definition) is 5. The molecule has 1 saturated heterocycles. The summed E-state index contributed by atoms with van der Waals surface area (Å²) in [5, 5.41) is 4.89. The first-order valence-corrected chi connectivity index (χ1v) is 8.27. The summed E-state index contributed by atoms with van der Waals surface area (Å²) < 4.78 is 5.24. The molecule has 3 heterocycles. The Labute approximate surface area is 136 Å². The molecule has 0 aromatic carbocycles. The fourth-order valence-corrected chi connectivity index (χ4v) is 3.19. The molecule has 2 N–H and O–H groups in total. The number of rotatable bonds is 3. The molecule has 3 rings (SSSR count). The summed E-state index contributed by atoms with van der Waals surface area (Å²) in [5.41, 5.74) is 7.93. The molecule has 1 fully saturated rings. The Balaban J connectivity index is 1.87. The van der Waals surface area contributed by atoms with Crippen LogP contribution in [0.5, 0.6) is 0 Å². The van der Waals surface area contributed by atoms with Crippen LogP contribution in [0, 0.1) is 5.92 Å². The Morgan fingerprint density at radius 1 is 1.43 bits per heavy atom. The maximum Gasteiger partial charge on any atom is 0.257 e. The van der Waals surface area contributed by atoms with Gasteiger partial charge in [0.15, 0.2) is 0 Å². The van der Waals surface area contributed by atoms with Crippen LogP contribution >= 0.6 is 0 Å². The summed E-state index contributed by atoms with van der Waals surface area (Å²) in [7, 11) is 0. The van der Waals surface area contributed by atoms with E-state index in [9.17, 15) is 4.79 Å². The average molecular weight is 316 g/mol.